The highest BCUT2D eigenvalue weighted by Crippen LogP contribution is 2.35. The van der Waals surface area contributed by atoms with Crippen molar-refractivity contribution in [3.8, 4) is 0 Å². The van der Waals surface area contributed by atoms with Crippen molar-refractivity contribution >= 4 is 29.2 Å². The number of carbonyl (C=O) groups excluding carboxylic acids is 2. The molecule has 25 heavy (non-hydrogen) atoms. The quantitative estimate of drug-likeness (QED) is 0.626. The van der Waals surface area contributed by atoms with Crippen LogP contribution in [0.5, 0.6) is 0 Å². The van der Waals surface area contributed by atoms with E-state index in [1.807, 2.05) is 0 Å². The van der Waals surface area contributed by atoms with Gasteiger partial charge in [0.1, 0.15) is 6.10 Å². The molecule has 1 aromatic carbocycles. The SMILES string of the molecule is CC(C)[C@H]1CC[C@@H](C)C[C@H]1OC(=O)COC(=O)c1ccc(Cl)c(N)c1. The van der Waals surface area contributed by atoms with Crippen LogP contribution < -0.4 is 5.73 Å². The van der Waals surface area contributed by atoms with Gasteiger partial charge in [0.25, 0.3) is 0 Å². The number of hydrogen-bond donors (Lipinski definition) is 1. The van der Waals surface area contributed by atoms with Crippen molar-refractivity contribution in [2.45, 2.75) is 46.1 Å². The zero-order valence-corrected chi connectivity index (χ0v) is 15.7. The van der Waals surface area contributed by atoms with Gasteiger partial charge in [-0.2, -0.15) is 0 Å². The first-order valence-electron chi connectivity index (χ1n) is 8.69. The maximum absolute atomic E-state index is 12.1. The van der Waals surface area contributed by atoms with Crippen LogP contribution in [-0.2, 0) is 14.3 Å². The van der Waals surface area contributed by atoms with Crippen molar-refractivity contribution < 1.29 is 19.1 Å². The summed E-state index contributed by atoms with van der Waals surface area (Å²) in [7, 11) is 0. The second kappa shape index (κ2) is 8.56. The van der Waals surface area contributed by atoms with Gasteiger partial charge in [0.2, 0.25) is 0 Å². The van der Waals surface area contributed by atoms with E-state index < -0.39 is 18.5 Å². The minimum absolute atomic E-state index is 0.110. The van der Waals surface area contributed by atoms with Gasteiger partial charge in [-0.25, -0.2) is 9.59 Å². The maximum atomic E-state index is 12.1. The van der Waals surface area contributed by atoms with E-state index in [1.54, 1.807) is 0 Å². The Morgan fingerprint density at radius 2 is 2.04 bits per heavy atom. The zero-order valence-electron chi connectivity index (χ0n) is 15.0. The van der Waals surface area contributed by atoms with E-state index in [1.165, 1.54) is 18.2 Å². The molecule has 0 amide bonds. The Morgan fingerprint density at radius 3 is 2.68 bits per heavy atom. The van der Waals surface area contributed by atoms with Crippen LogP contribution in [0.15, 0.2) is 18.2 Å². The van der Waals surface area contributed by atoms with Gasteiger partial charge >= 0.3 is 11.9 Å². The van der Waals surface area contributed by atoms with Crippen molar-refractivity contribution in [2.75, 3.05) is 12.3 Å². The first-order chi connectivity index (χ1) is 11.8. The number of nitrogens with two attached hydrogens (primary N) is 1. The molecule has 0 unspecified atom stereocenters. The van der Waals surface area contributed by atoms with Gasteiger partial charge in [0, 0.05) is 0 Å². The fraction of sp³-hybridized carbons (Fsp3) is 0.579. The normalized spacial score (nSPS) is 23.3. The molecule has 1 aliphatic rings. The molecule has 6 heteroatoms. The van der Waals surface area contributed by atoms with Gasteiger partial charge < -0.3 is 15.2 Å². The second-order valence-electron chi connectivity index (χ2n) is 7.17. The average molecular weight is 368 g/mol. The highest BCUT2D eigenvalue weighted by molar-refractivity contribution is 6.33. The Kier molecular flexibility index (Phi) is 6.71. The fourth-order valence-electron chi connectivity index (χ4n) is 3.33. The molecule has 1 fully saturated rings. The lowest BCUT2D eigenvalue weighted by Crippen LogP contribution is -2.36. The Balaban J connectivity index is 1.88. The molecule has 0 heterocycles. The predicted octanol–water partition coefficient (Wildman–Crippen LogP) is 4.08. The maximum Gasteiger partial charge on any atom is 0.344 e. The lowest BCUT2D eigenvalue weighted by molar-refractivity contribution is -0.159. The highest BCUT2D eigenvalue weighted by atomic mass is 35.5. The third-order valence-electron chi connectivity index (χ3n) is 4.80. The van der Waals surface area contributed by atoms with Gasteiger partial charge in [0.05, 0.1) is 16.3 Å². The molecule has 3 atom stereocenters. The lowest BCUT2D eigenvalue weighted by atomic mass is 9.75. The van der Waals surface area contributed by atoms with Crippen LogP contribution in [-0.4, -0.2) is 24.6 Å². The van der Waals surface area contributed by atoms with Gasteiger partial charge in [-0.1, -0.05) is 38.8 Å². The molecule has 1 saturated carbocycles. The van der Waals surface area contributed by atoms with Crippen LogP contribution >= 0.6 is 11.6 Å². The number of ether oxygens (including phenoxy) is 2. The Labute approximate surface area is 153 Å². The summed E-state index contributed by atoms with van der Waals surface area (Å²) >= 11 is 5.82. The van der Waals surface area contributed by atoms with Crippen molar-refractivity contribution in [2.24, 2.45) is 17.8 Å². The van der Waals surface area contributed by atoms with Crippen LogP contribution in [0.1, 0.15) is 50.4 Å². The van der Waals surface area contributed by atoms with E-state index in [0.29, 0.717) is 22.8 Å². The summed E-state index contributed by atoms with van der Waals surface area (Å²) in [5, 5.41) is 0.363. The highest BCUT2D eigenvalue weighted by Gasteiger charge is 2.33. The molecule has 138 valence electrons. The number of hydrogen-bond acceptors (Lipinski definition) is 5. The third-order valence-corrected chi connectivity index (χ3v) is 5.14. The van der Waals surface area contributed by atoms with E-state index in [0.717, 1.165) is 19.3 Å². The molecular weight excluding hydrogens is 342 g/mol. The number of esters is 2. The Morgan fingerprint density at radius 1 is 1.32 bits per heavy atom. The molecule has 0 saturated heterocycles. The zero-order chi connectivity index (χ0) is 18.6. The first kappa shape index (κ1) is 19.6. The van der Waals surface area contributed by atoms with Crippen molar-refractivity contribution in [3.05, 3.63) is 28.8 Å². The van der Waals surface area contributed by atoms with Crippen LogP contribution in [0.3, 0.4) is 0 Å². The topological polar surface area (TPSA) is 78.6 Å². The molecule has 2 rings (SSSR count). The first-order valence-corrected chi connectivity index (χ1v) is 9.07. The molecule has 0 spiro atoms. The molecule has 0 aliphatic heterocycles. The van der Waals surface area contributed by atoms with Crippen LogP contribution in [0.25, 0.3) is 0 Å². The molecule has 1 aliphatic carbocycles. The van der Waals surface area contributed by atoms with E-state index >= 15 is 0 Å². The number of halogens is 1. The van der Waals surface area contributed by atoms with E-state index in [2.05, 4.69) is 20.8 Å². The van der Waals surface area contributed by atoms with Gasteiger partial charge in [-0.3, -0.25) is 0 Å². The molecule has 1 aromatic rings. The largest absolute Gasteiger partial charge is 0.460 e. The average Bonchev–Trinajstić information content (AvgIpc) is 2.55. The molecular formula is C19H26ClNO4. The molecule has 0 radical (unpaired) electrons. The predicted molar refractivity (Wildman–Crippen MR) is 97.4 cm³/mol. The molecule has 0 bridgehead atoms. The van der Waals surface area contributed by atoms with Crippen molar-refractivity contribution in [3.63, 3.8) is 0 Å². The Hall–Kier alpha value is -1.75. The number of nitrogen functional groups attached to an aromatic ring is 1. The van der Waals surface area contributed by atoms with Crippen molar-refractivity contribution in [1.29, 1.82) is 0 Å². The van der Waals surface area contributed by atoms with Gasteiger partial charge in [-0.05, 0) is 48.8 Å². The summed E-state index contributed by atoms with van der Waals surface area (Å²) in [4.78, 5) is 24.1. The summed E-state index contributed by atoms with van der Waals surface area (Å²) in [6.45, 7) is 6.05. The summed E-state index contributed by atoms with van der Waals surface area (Å²) < 4.78 is 10.6. The smallest absolute Gasteiger partial charge is 0.344 e. The second-order valence-corrected chi connectivity index (χ2v) is 7.57. The standard InChI is InChI=1S/C19H26ClNO4/c1-11(2)14-6-4-12(3)8-17(14)25-18(22)10-24-19(23)13-5-7-15(20)16(21)9-13/h5,7,9,11-12,14,17H,4,6,8,10,21H2,1-3H3/t12-,14-,17-/m1/s1. The van der Waals surface area contributed by atoms with E-state index in [9.17, 15) is 9.59 Å². The van der Waals surface area contributed by atoms with E-state index in [-0.39, 0.29) is 17.4 Å². The van der Waals surface area contributed by atoms with Gasteiger partial charge in [-0.15, -0.1) is 0 Å². The minimum atomic E-state index is -0.627. The Bertz CT molecular complexity index is 632. The molecule has 5 nitrogen and oxygen atoms in total. The molecule has 0 aromatic heterocycles. The van der Waals surface area contributed by atoms with E-state index in [4.69, 9.17) is 26.8 Å². The summed E-state index contributed by atoms with van der Waals surface area (Å²) in [6, 6.07) is 4.44. The number of carbonyl (C=O) groups is 2. The minimum Gasteiger partial charge on any atom is -0.460 e. The number of rotatable bonds is 5. The molecule has 2 N–H and O–H groups in total. The van der Waals surface area contributed by atoms with Crippen molar-refractivity contribution in [1.82, 2.24) is 0 Å². The number of benzene rings is 1. The monoisotopic (exact) mass is 367 g/mol. The summed E-state index contributed by atoms with van der Waals surface area (Å²) in [5.41, 5.74) is 6.20. The van der Waals surface area contributed by atoms with Crippen LogP contribution in [0.2, 0.25) is 5.02 Å². The van der Waals surface area contributed by atoms with Crippen LogP contribution in [0, 0.1) is 17.8 Å². The fourth-order valence-corrected chi connectivity index (χ4v) is 3.45. The summed E-state index contributed by atoms with van der Waals surface area (Å²) in [5.74, 6) is 0.196. The third kappa shape index (κ3) is 5.36. The van der Waals surface area contributed by atoms with Crippen LogP contribution in [0.4, 0.5) is 5.69 Å². The van der Waals surface area contributed by atoms with Gasteiger partial charge in [0.15, 0.2) is 6.61 Å². The number of anilines is 1. The summed E-state index contributed by atoms with van der Waals surface area (Å²) in [6.07, 6.45) is 2.96. The lowest BCUT2D eigenvalue weighted by Gasteiger charge is -2.36.